The van der Waals surface area contributed by atoms with E-state index in [1.165, 1.54) is 9.88 Å². The van der Waals surface area contributed by atoms with E-state index in [1.54, 1.807) is 11.3 Å². The second-order valence-corrected chi connectivity index (χ2v) is 4.97. The van der Waals surface area contributed by atoms with Crippen LogP contribution in [0.5, 0.6) is 0 Å². The van der Waals surface area contributed by atoms with Gasteiger partial charge in [-0.2, -0.15) is 0 Å². The molecule has 1 aromatic heterocycles. The van der Waals surface area contributed by atoms with Crippen LogP contribution in [-0.4, -0.2) is 29.0 Å². The van der Waals surface area contributed by atoms with E-state index in [4.69, 9.17) is 5.73 Å². The van der Waals surface area contributed by atoms with Gasteiger partial charge in [-0.25, -0.2) is 4.98 Å². The summed E-state index contributed by atoms with van der Waals surface area (Å²) in [7, 11) is 0. The van der Waals surface area contributed by atoms with E-state index >= 15 is 0 Å². The maximum Gasteiger partial charge on any atom is 0.107 e. The van der Waals surface area contributed by atoms with Crippen molar-refractivity contribution in [2.75, 3.05) is 13.1 Å². The largest absolute Gasteiger partial charge is 0.326 e. The second-order valence-electron chi connectivity index (χ2n) is 3.65. The van der Waals surface area contributed by atoms with Crippen LogP contribution in [0.15, 0.2) is 6.20 Å². The average Bonchev–Trinajstić information content (AvgIpc) is 2.62. The Morgan fingerprint density at radius 1 is 1.77 bits per heavy atom. The lowest BCUT2D eigenvalue weighted by Crippen LogP contribution is -2.26. The molecule has 0 saturated carbocycles. The number of aromatic nitrogens is 1. The number of hydrogen-bond acceptors (Lipinski definition) is 4. The summed E-state index contributed by atoms with van der Waals surface area (Å²) in [5.74, 6) is 0. The van der Waals surface area contributed by atoms with Gasteiger partial charge in [0.2, 0.25) is 0 Å². The fourth-order valence-corrected chi connectivity index (χ4v) is 2.50. The summed E-state index contributed by atoms with van der Waals surface area (Å²) in [5.41, 5.74) is 5.83. The van der Waals surface area contributed by atoms with Gasteiger partial charge in [0.25, 0.3) is 0 Å². The molecule has 2 rings (SSSR count). The highest BCUT2D eigenvalue weighted by Gasteiger charge is 2.19. The van der Waals surface area contributed by atoms with E-state index in [9.17, 15) is 0 Å². The van der Waals surface area contributed by atoms with Crippen LogP contribution in [0.2, 0.25) is 0 Å². The Hall–Kier alpha value is -0.450. The zero-order valence-electron chi connectivity index (χ0n) is 7.86. The van der Waals surface area contributed by atoms with E-state index in [1.807, 2.05) is 6.20 Å². The molecule has 13 heavy (non-hydrogen) atoms. The van der Waals surface area contributed by atoms with Crippen molar-refractivity contribution in [3.05, 3.63) is 16.1 Å². The second kappa shape index (κ2) is 3.74. The van der Waals surface area contributed by atoms with E-state index in [0.717, 1.165) is 26.1 Å². The normalized spacial score (nSPS) is 24.0. The Kier molecular flexibility index (Phi) is 2.62. The van der Waals surface area contributed by atoms with Crippen LogP contribution in [0, 0.1) is 6.92 Å². The molecule has 1 aliphatic heterocycles. The van der Waals surface area contributed by atoms with Gasteiger partial charge in [0.15, 0.2) is 0 Å². The molecule has 1 aliphatic rings. The molecule has 2 N–H and O–H groups in total. The summed E-state index contributed by atoms with van der Waals surface area (Å²) in [6.45, 7) is 5.22. The maximum atomic E-state index is 5.83. The fraction of sp³-hybridized carbons (Fsp3) is 0.667. The molecule has 0 spiro atoms. The lowest BCUT2D eigenvalue weighted by atomic mass is 10.3. The van der Waals surface area contributed by atoms with E-state index < -0.39 is 0 Å². The molecule has 1 aromatic rings. The van der Waals surface area contributed by atoms with E-state index in [2.05, 4.69) is 16.8 Å². The van der Waals surface area contributed by atoms with Crippen LogP contribution in [-0.2, 0) is 6.54 Å². The monoisotopic (exact) mass is 197 g/mol. The Morgan fingerprint density at radius 2 is 2.62 bits per heavy atom. The molecule has 1 fully saturated rings. The maximum absolute atomic E-state index is 5.83. The SMILES string of the molecule is Cc1cnc(CN2CCC(N)C2)s1. The van der Waals surface area contributed by atoms with Crippen molar-refractivity contribution >= 4 is 11.3 Å². The van der Waals surface area contributed by atoms with Crippen molar-refractivity contribution in [2.45, 2.75) is 25.9 Å². The molecule has 4 heteroatoms. The van der Waals surface area contributed by atoms with Gasteiger partial charge in [-0.15, -0.1) is 11.3 Å². The molecular formula is C9H15N3S. The summed E-state index contributed by atoms with van der Waals surface area (Å²) in [5, 5.41) is 1.21. The van der Waals surface area contributed by atoms with Crippen molar-refractivity contribution in [2.24, 2.45) is 5.73 Å². The Balaban J connectivity index is 1.91. The molecule has 0 radical (unpaired) electrons. The Labute approximate surface area is 82.6 Å². The molecule has 0 amide bonds. The third kappa shape index (κ3) is 2.27. The first-order valence-corrected chi connectivity index (χ1v) is 5.45. The minimum Gasteiger partial charge on any atom is -0.326 e. The molecule has 0 aromatic carbocycles. The minimum absolute atomic E-state index is 0.376. The molecule has 1 saturated heterocycles. The van der Waals surface area contributed by atoms with Crippen LogP contribution >= 0.6 is 11.3 Å². The Morgan fingerprint density at radius 3 is 3.15 bits per heavy atom. The average molecular weight is 197 g/mol. The first-order valence-electron chi connectivity index (χ1n) is 4.63. The van der Waals surface area contributed by atoms with Crippen LogP contribution in [0.4, 0.5) is 0 Å². The van der Waals surface area contributed by atoms with Gasteiger partial charge in [0.1, 0.15) is 5.01 Å². The molecule has 0 aliphatic carbocycles. The summed E-state index contributed by atoms with van der Waals surface area (Å²) < 4.78 is 0. The highest BCUT2D eigenvalue weighted by molar-refractivity contribution is 7.11. The topological polar surface area (TPSA) is 42.2 Å². The number of rotatable bonds is 2. The number of likely N-dealkylation sites (tertiary alicyclic amines) is 1. The quantitative estimate of drug-likeness (QED) is 0.768. The van der Waals surface area contributed by atoms with Gasteiger partial charge in [-0.3, -0.25) is 4.90 Å². The third-order valence-corrected chi connectivity index (χ3v) is 3.23. The summed E-state index contributed by atoms with van der Waals surface area (Å²) in [4.78, 5) is 8.01. The van der Waals surface area contributed by atoms with Crippen molar-refractivity contribution in [3.8, 4) is 0 Å². The number of thiazole rings is 1. The molecule has 1 atom stereocenters. The van der Waals surface area contributed by atoms with Crippen LogP contribution < -0.4 is 5.73 Å². The van der Waals surface area contributed by atoms with Gasteiger partial charge in [0, 0.05) is 30.2 Å². The lowest BCUT2D eigenvalue weighted by molar-refractivity contribution is 0.326. The first kappa shape index (κ1) is 9.12. The number of aryl methyl sites for hydroxylation is 1. The van der Waals surface area contributed by atoms with Crippen LogP contribution in [0.1, 0.15) is 16.3 Å². The highest BCUT2D eigenvalue weighted by Crippen LogP contribution is 2.16. The van der Waals surface area contributed by atoms with Crippen LogP contribution in [0.25, 0.3) is 0 Å². The Bertz CT molecular complexity index is 284. The summed E-state index contributed by atoms with van der Waals surface area (Å²) in [6.07, 6.45) is 3.07. The zero-order chi connectivity index (χ0) is 9.26. The van der Waals surface area contributed by atoms with Crippen molar-refractivity contribution in [3.63, 3.8) is 0 Å². The zero-order valence-corrected chi connectivity index (χ0v) is 8.68. The standard InChI is InChI=1S/C9H15N3S/c1-7-4-11-9(13-7)6-12-3-2-8(10)5-12/h4,8H,2-3,5-6,10H2,1H3. The smallest absolute Gasteiger partial charge is 0.107 e. The number of hydrogen-bond donors (Lipinski definition) is 1. The van der Waals surface area contributed by atoms with E-state index in [-0.39, 0.29) is 0 Å². The van der Waals surface area contributed by atoms with Crippen molar-refractivity contribution in [1.29, 1.82) is 0 Å². The molecular weight excluding hydrogens is 182 g/mol. The van der Waals surface area contributed by atoms with Gasteiger partial charge in [-0.1, -0.05) is 0 Å². The third-order valence-electron chi connectivity index (χ3n) is 2.34. The predicted molar refractivity (Wildman–Crippen MR) is 54.7 cm³/mol. The molecule has 1 unspecified atom stereocenters. The minimum atomic E-state index is 0.376. The molecule has 0 bridgehead atoms. The van der Waals surface area contributed by atoms with Gasteiger partial charge in [-0.05, 0) is 13.3 Å². The van der Waals surface area contributed by atoms with Gasteiger partial charge in [0.05, 0.1) is 6.54 Å². The fourth-order valence-electron chi connectivity index (χ4n) is 1.67. The summed E-state index contributed by atoms with van der Waals surface area (Å²) >= 11 is 1.78. The van der Waals surface area contributed by atoms with Gasteiger partial charge < -0.3 is 5.73 Å². The first-order chi connectivity index (χ1) is 6.24. The summed E-state index contributed by atoms with van der Waals surface area (Å²) in [6, 6.07) is 0.376. The van der Waals surface area contributed by atoms with Crippen molar-refractivity contribution < 1.29 is 0 Å². The van der Waals surface area contributed by atoms with Gasteiger partial charge >= 0.3 is 0 Å². The number of nitrogens with zero attached hydrogens (tertiary/aromatic N) is 2. The highest BCUT2D eigenvalue weighted by atomic mass is 32.1. The predicted octanol–water partition coefficient (Wildman–Crippen LogP) is 0.985. The molecule has 3 nitrogen and oxygen atoms in total. The van der Waals surface area contributed by atoms with Crippen molar-refractivity contribution in [1.82, 2.24) is 9.88 Å². The number of nitrogens with two attached hydrogens (primary N) is 1. The molecule has 2 heterocycles. The lowest BCUT2D eigenvalue weighted by Gasteiger charge is -2.12. The molecule has 72 valence electrons. The van der Waals surface area contributed by atoms with E-state index in [0.29, 0.717) is 6.04 Å². The van der Waals surface area contributed by atoms with Crippen LogP contribution in [0.3, 0.4) is 0 Å².